The molecule has 1 heterocycles. The van der Waals surface area contributed by atoms with E-state index in [2.05, 4.69) is 21.2 Å². The van der Waals surface area contributed by atoms with Crippen molar-refractivity contribution in [1.82, 2.24) is 10.2 Å². The summed E-state index contributed by atoms with van der Waals surface area (Å²) in [4.78, 5) is 1.32. The van der Waals surface area contributed by atoms with Crippen LogP contribution in [0.5, 0.6) is 11.5 Å². The molecule has 1 aliphatic rings. The Balaban J connectivity index is 0.00000242. The minimum Gasteiger partial charge on any atom is -0.504 e. The van der Waals surface area contributed by atoms with Gasteiger partial charge in [-0.2, -0.15) is 13.2 Å². The van der Waals surface area contributed by atoms with Crippen LogP contribution in [0.2, 0.25) is 0 Å². The highest BCUT2D eigenvalue weighted by atomic mass is 79.9. The molecule has 1 aromatic carbocycles. The van der Waals surface area contributed by atoms with Gasteiger partial charge in [-0.25, -0.2) is 0 Å². The first-order valence-electron chi connectivity index (χ1n) is 6.43. The Labute approximate surface area is 153 Å². The van der Waals surface area contributed by atoms with E-state index < -0.39 is 18.0 Å². The van der Waals surface area contributed by atoms with E-state index in [-0.39, 0.29) is 53.7 Å². The molecule has 0 aromatic heterocycles. The van der Waals surface area contributed by atoms with Gasteiger partial charge in [0.2, 0.25) is 0 Å². The molecule has 0 unspecified atom stereocenters. The number of rotatable bonds is 3. The number of piperazine rings is 1. The molecular weight excluding hydrogens is 424 g/mol. The Morgan fingerprint density at radius 2 is 1.83 bits per heavy atom. The van der Waals surface area contributed by atoms with Crippen molar-refractivity contribution in [2.45, 2.75) is 12.2 Å². The van der Waals surface area contributed by atoms with Crippen molar-refractivity contribution in [1.29, 1.82) is 0 Å². The number of aromatic hydroxyl groups is 1. The number of hydrogen-bond donors (Lipinski definition) is 2. The predicted octanol–water partition coefficient (Wildman–Crippen LogP) is 3.52. The highest BCUT2D eigenvalue weighted by Crippen LogP contribution is 2.47. The Kier molecular flexibility index (Phi) is 9.01. The molecule has 2 N–H and O–H groups in total. The average molecular weight is 442 g/mol. The summed E-state index contributed by atoms with van der Waals surface area (Å²) in [5.41, 5.74) is -0.205. The smallest absolute Gasteiger partial charge is 0.408 e. The third-order valence-electron chi connectivity index (χ3n) is 3.45. The van der Waals surface area contributed by atoms with Crippen LogP contribution in [-0.2, 0) is 0 Å². The second-order valence-corrected chi connectivity index (χ2v) is 5.60. The Hall–Kier alpha value is -0.410. The van der Waals surface area contributed by atoms with E-state index in [0.29, 0.717) is 13.1 Å². The topological polar surface area (TPSA) is 44.7 Å². The maximum absolute atomic E-state index is 13.6. The monoisotopic (exact) mass is 440 g/mol. The van der Waals surface area contributed by atoms with E-state index in [0.717, 1.165) is 0 Å². The average Bonchev–Trinajstić information content (AvgIpc) is 2.43. The van der Waals surface area contributed by atoms with Gasteiger partial charge < -0.3 is 15.2 Å². The van der Waals surface area contributed by atoms with Gasteiger partial charge in [0, 0.05) is 36.2 Å². The number of ether oxygens (including phenoxy) is 1. The van der Waals surface area contributed by atoms with Crippen molar-refractivity contribution < 1.29 is 23.0 Å². The largest absolute Gasteiger partial charge is 0.504 e. The van der Waals surface area contributed by atoms with Crippen LogP contribution in [-0.4, -0.2) is 49.5 Å². The fourth-order valence-electron chi connectivity index (χ4n) is 2.48. The zero-order chi connectivity index (χ0) is 15.6. The van der Waals surface area contributed by atoms with Crippen molar-refractivity contribution in [2.24, 2.45) is 0 Å². The van der Waals surface area contributed by atoms with Crippen LogP contribution >= 0.6 is 40.7 Å². The first kappa shape index (κ1) is 22.6. The molecule has 0 aliphatic carbocycles. The lowest BCUT2D eigenvalue weighted by Gasteiger charge is -2.36. The van der Waals surface area contributed by atoms with Gasteiger partial charge in [-0.3, -0.25) is 4.90 Å². The number of benzene rings is 1. The molecule has 1 fully saturated rings. The number of methoxy groups -OCH3 is 1. The van der Waals surface area contributed by atoms with E-state index in [1.54, 1.807) is 0 Å². The van der Waals surface area contributed by atoms with E-state index >= 15 is 0 Å². The van der Waals surface area contributed by atoms with Crippen LogP contribution in [0, 0.1) is 0 Å². The maximum atomic E-state index is 13.6. The summed E-state index contributed by atoms with van der Waals surface area (Å²) in [6.45, 7) is 1.48. The zero-order valence-corrected chi connectivity index (χ0v) is 15.4. The minimum absolute atomic E-state index is 0. The standard InChI is InChI=1S/C13H16BrF3N2O2.2ClH/c1-21-9-3-2-8(14)10(11(9)20)12(13(15,16)17)19-6-4-18-5-7-19;;/h2-3,12,18,20H,4-7H2,1H3;2*1H/t12-;;/m0../s1. The molecule has 0 bridgehead atoms. The van der Waals surface area contributed by atoms with Gasteiger partial charge in [0.05, 0.1) is 7.11 Å². The van der Waals surface area contributed by atoms with Crippen molar-refractivity contribution in [3.63, 3.8) is 0 Å². The first-order chi connectivity index (χ1) is 9.86. The first-order valence-corrected chi connectivity index (χ1v) is 7.22. The van der Waals surface area contributed by atoms with Gasteiger partial charge in [0.25, 0.3) is 0 Å². The predicted molar refractivity (Wildman–Crippen MR) is 90.1 cm³/mol. The van der Waals surface area contributed by atoms with Gasteiger partial charge >= 0.3 is 6.18 Å². The lowest BCUT2D eigenvalue weighted by atomic mass is 10.0. The highest BCUT2D eigenvalue weighted by molar-refractivity contribution is 9.10. The summed E-state index contributed by atoms with van der Waals surface area (Å²) < 4.78 is 45.8. The molecular formula is C13H18BrCl2F3N2O2. The van der Waals surface area contributed by atoms with Crippen LogP contribution in [0.25, 0.3) is 0 Å². The maximum Gasteiger partial charge on any atom is 0.408 e. The normalized spacial score (nSPS) is 16.9. The molecule has 134 valence electrons. The quantitative estimate of drug-likeness (QED) is 0.753. The summed E-state index contributed by atoms with van der Waals surface area (Å²) >= 11 is 3.11. The molecule has 1 aromatic rings. The van der Waals surface area contributed by atoms with E-state index in [9.17, 15) is 18.3 Å². The fourth-order valence-corrected chi connectivity index (χ4v) is 3.02. The van der Waals surface area contributed by atoms with E-state index in [1.807, 2.05) is 0 Å². The minimum atomic E-state index is -4.50. The summed E-state index contributed by atoms with van der Waals surface area (Å²) in [5.74, 6) is -0.453. The summed E-state index contributed by atoms with van der Waals surface area (Å²) in [7, 11) is 1.31. The van der Waals surface area contributed by atoms with Crippen LogP contribution in [0.3, 0.4) is 0 Å². The molecule has 0 radical (unpaired) electrons. The Bertz CT molecular complexity index is 515. The molecule has 1 saturated heterocycles. The molecule has 0 spiro atoms. The van der Waals surface area contributed by atoms with Crippen LogP contribution in [0.4, 0.5) is 13.2 Å². The van der Waals surface area contributed by atoms with Crippen LogP contribution in [0.15, 0.2) is 16.6 Å². The van der Waals surface area contributed by atoms with Gasteiger partial charge in [0.15, 0.2) is 11.5 Å². The van der Waals surface area contributed by atoms with Gasteiger partial charge in [-0.05, 0) is 12.1 Å². The number of hydrogen-bond acceptors (Lipinski definition) is 4. The van der Waals surface area contributed by atoms with E-state index in [4.69, 9.17) is 4.74 Å². The molecule has 1 aliphatic heterocycles. The summed E-state index contributed by atoms with van der Waals surface area (Å²) in [6, 6.07) is 1.01. The van der Waals surface area contributed by atoms with Crippen LogP contribution in [0.1, 0.15) is 11.6 Å². The highest BCUT2D eigenvalue weighted by Gasteiger charge is 2.47. The second-order valence-electron chi connectivity index (χ2n) is 4.74. The Morgan fingerprint density at radius 1 is 1.26 bits per heavy atom. The third-order valence-corrected chi connectivity index (χ3v) is 4.14. The summed E-state index contributed by atoms with van der Waals surface area (Å²) in [5, 5.41) is 13.2. The van der Waals surface area contributed by atoms with Crippen molar-refractivity contribution >= 4 is 40.7 Å². The Morgan fingerprint density at radius 3 is 2.30 bits per heavy atom. The molecule has 10 heteroatoms. The third kappa shape index (κ3) is 5.03. The van der Waals surface area contributed by atoms with Gasteiger partial charge in [-0.15, -0.1) is 24.8 Å². The molecule has 1 atom stereocenters. The number of phenols is 1. The molecule has 2 rings (SSSR count). The van der Waals surface area contributed by atoms with E-state index in [1.165, 1.54) is 24.1 Å². The SMILES string of the molecule is COc1ccc(Br)c([C@H](N2CCNCC2)C(F)(F)F)c1O.Cl.Cl. The summed E-state index contributed by atoms with van der Waals surface area (Å²) in [6.07, 6.45) is -4.50. The zero-order valence-electron chi connectivity index (χ0n) is 12.2. The van der Waals surface area contributed by atoms with Crippen molar-refractivity contribution in [3.8, 4) is 11.5 Å². The van der Waals surface area contributed by atoms with Crippen molar-refractivity contribution in [2.75, 3.05) is 33.3 Å². The van der Waals surface area contributed by atoms with Gasteiger partial charge in [0.1, 0.15) is 6.04 Å². The van der Waals surface area contributed by atoms with Crippen LogP contribution < -0.4 is 10.1 Å². The number of alkyl halides is 3. The molecule has 4 nitrogen and oxygen atoms in total. The fraction of sp³-hybridized carbons (Fsp3) is 0.538. The number of phenolic OH excluding ortho intramolecular Hbond substituents is 1. The lowest BCUT2D eigenvalue weighted by Crippen LogP contribution is -2.49. The molecule has 0 amide bonds. The number of nitrogens with one attached hydrogen (secondary N) is 1. The molecule has 23 heavy (non-hydrogen) atoms. The van der Waals surface area contributed by atoms with Gasteiger partial charge in [-0.1, -0.05) is 15.9 Å². The second kappa shape index (κ2) is 9.17. The number of halogens is 6. The molecule has 0 saturated carbocycles. The number of nitrogens with zero attached hydrogens (tertiary/aromatic N) is 1. The van der Waals surface area contributed by atoms with Crippen molar-refractivity contribution in [3.05, 3.63) is 22.2 Å². The lowest BCUT2D eigenvalue weighted by molar-refractivity contribution is -0.188.